The predicted octanol–water partition coefficient (Wildman–Crippen LogP) is 3.49. The van der Waals surface area contributed by atoms with Crippen molar-refractivity contribution < 1.29 is 4.74 Å². The lowest BCUT2D eigenvalue weighted by Crippen LogP contribution is -2.46. The average molecular weight is 427 g/mol. The molecule has 0 amide bonds. The zero-order valence-electron chi connectivity index (χ0n) is 18.5. The minimum Gasteiger partial charge on any atom is -0.370 e. The standard InChI is InChI=1S/C22H30N6OS/c1-6-26-7-9-27(10-8-26)19-18-16-12-22(4,5)29-13-17(16)30-20(18)24-21(23-19)28-15(3)11-14(2)25-28/h11H,6-10,12-13H2,1-5H3. The minimum absolute atomic E-state index is 0.159. The van der Waals surface area contributed by atoms with Crippen LogP contribution in [-0.4, -0.2) is 63.0 Å². The largest absolute Gasteiger partial charge is 0.370 e. The molecule has 0 bridgehead atoms. The minimum atomic E-state index is -0.159. The Balaban J connectivity index is 1.68. The number of rotatable bonds is 3. The first-order valence-electron chi connectivity index (χ1n) is 10.8. The Kier molecular flexibility index (Phi) is 4.83. The fourth-order valence-electron chi connectivity index (χ4n) is 4.55. The molecule has 3 aromatic rings. The number of hydrogen-bond acceptors (Lipinski definition) is 7. The van der Waals surface area contributed by atoms with Crippen LogP contribution in [0.4, 0.5) is 5.82 Å². The van der Waals surface area contributed by atoms with Crippen molar-refractivity contribution in [3.05, 3.63) is 27.9 Å². The van der Waals surface area contributed by atoms with Gasteiger partial charge in [0.05, 0.1) is 23.3 Å². The number of piperazine rings is 1. The van der Waals surface area contributed by atoms with Crippen molar-refractivity contribution in [2.45, 2.75) is 53.2 Å². The maximum absolute atomic E-state index is 6.10. The summed E-state index contributed by atoms with van der Waals surface area (Å²) in [6.07, 6.45) is 0.896. The van der Waals surface area contributed by atoms with E-state index in [0.29, 0.717) is 12.6 Å². The summed E-state index contributed by atoms with van der Waals surface area (Å²) < 4.78 is 7.97. The number of nitrogens with zero attached hydrogens (tertiary/aromatic N) is 6. The molecule has 0 radical (unpaired) electrons. The van der Waals surface area contributed by atoms with Gasteiger partial charge in [0, 0.05) is 43.2 Å². The van der Waals surface area contributed by atoms with Crippen molar-refractivity contribution >= 4 is 27.4 Å². The number of thiophene rings is 1. The number of fused-ring (bicyclic) bond motifs is 3. The van der Waals surface area contributed by atoms with Gasteiger partial charge in [-0.25, -0.2) is 4.68 Å². The molecule has 5 heterocycles. The van der Waals surface area contributed by atoms with Crippen LogP contribution in [0.15, 0.2) is 6.07 Å². The molecular formula is C22H30N6OS. The molecule has 0 aliphatic carbocycles. The summed E-state index contributed by atoms with van der Waals surface area (Å²) >= 11 is 1.75. The molecule has 0 saturated carbocycles. The maximum Gasteiger partial charge on any atom is 0.254 e. The number of anilines is 1. The highest BCUT2D eigenvalue weighted by atomic mass is 32.1. The van der Waals surface area contributed by atoms with E-state index in [-0.39, 0.29) is 5.60 Å². The molecule has 160 valence electrons. The van der Waals surface area contributed by atoms with E-state index in [4.69, 9.17) is 14.7 Å². The number of aromatic nitrogens is 4. The second-order valence-corrected chi connectivity index (χ2v) is 10.1. The Morgan fingerprint density at radius 1 is 1.13 bits per heavy atom. The molecule has 1 saturated heterocycles. The van der Waals surface area contributed by atoms with Gasteiger partial charge < -0.3 is 14.5 Å². The van der Waals surface area contributed by atoms with Crippen molar-refractivity contribution in [2.75, 3.05) is 37.6 Å². The van der Waals surface area contributed by atoms with Crippen LogP contribution < -0.4 is 4.90 Å². The van der Waals surface area contributed by atoms with E-state index in [9.17, 15) is 0 Å². The third kappa shape index (κ3) is 3.40. The van der Waals surface area contributed by atoms with Gasteiger partial charge in [0.2, 0.25) is 0 Å². The summed E-state index contributed by atoms with van der Waals surface area (Å²) in [5.41, 5.74) is 3.25. The van der Waals surface area contributed by atoms with Crippen molar-refractivity contribution in [3.63, 3.8) is 0 Å². The van der Waals surface area contributed by atoms with Gasteiger partial charge in [-0.15, -0.1) is 11.3 Å². The Labute approximate surface area is 181 Å². The zero-order chi connectivity index (χ0) is 21.0. The third-order valence-electron chi connectivity index (χ3n) is 6.22. The highest BCUT2D eigenvalue weighted by molar-refractivity contribution is 7.19. The van der Waals surface area contributed by atoms with Gasteiger partial charge >= 0.3 is 0 Å². The van der Waals surface area contributed by atoms with E-state index in [2.05, 4.69) is 48.7 Å². The molecule has 3 aromatic heterocycles. The Morgan fingerprint density at radius 3 is 2.57 bits per heavy atom. The quantitative estimate of drug-likeness (QED) is 0.639. The fourth-order valence-corrected chi connectivity index (χ4v) is 5.64. The average Bonchev–Trinajstić information content (AvgIpc) is 3.25. The van der Waals surface area contributed by atoms with E-state index >= 15 is 0 Å². The molecule has 30 heavy (non-hydrogen) atoms. The number of likely N-dealkylation sites (N-methyl/N-ethyl adjacent to an activating group) is 1. The lowest BCUT2D eigenvalue weighted by atomic mass is 9.94. The second-order valence-electron chi connectivity index (χ2n) is 9.02. The van der Waals surface area contributed by atoms with Gasteiger partial charge in [0.1, 0.15) is 10.6 Å². The normalized spacial score (nSPS) is 19.4. The monoisotopic (exact) mass is 426 g/mol. The molecule has 0 unspecified atom stereocenters. The highest BCUT2D eigenvalue weighted by Crippen LogP contribution is 2.42. The van der Waals surface area contributed by atoms with Crippen LogP contribution in [0.5, 0.6) is 0 Å². The summed E-state index contributed by atoms with van der Waals surface area (Å²) in [6, 6.07) is 2.07. The highest BCUT2D eigenvalue weighted by Gasteiger charge is 2.32. The van der Waals surface area contributed by atoms with E-state index in [1.165, 1.54) is 15.8 Å². The molecule has 8 heteroatoms. The predicted molar refractivity (Wildman–Crippen MR) is 121 cm³/mol. The summed E-state index contributed by atoms with van der Waals surface area (Å²) in [5.74, 6) is 1.73. The van der Waals surface area contributed by atoms with E-state index in [1.807, 2.05) is 11.6 Å². The molecule has 7 nitrogen and oxygen atoms in total. The molecule has 2 aliphatic rings. The van der Waals surface area contributed by atoms with Crippen LogP contribution in [0.25, 0.3) is 16.2 Å². The third-order valence-corrected chi connectivity index (χ3v) is 7.32. The fraction of sp³-hybridized carbons (Fsp3) is 0.591. The maximum atomic E-state index is 6.10. The van der Waals surface area contributed by atoms with Gasteiger partial charge in [-0.1, -0.05) is 6.92 Å². The Hall–Kier alpha value is -2.03. The molecule has 5 rings (SSSR count). The SMILES string of the molecule is CCN1CCN(c2nc(-n3nc(C)cc3C)nc3sc4c(c23)CC(C)(C)OC4)CC1. The summed E-state index contributed by atoms with van der Waals surface area (Å²) in [4.78, 5) is 17.4. The smallest absolute Gasteiger partial charge is 0.254 e. The van der Waals surface area contributed by atoms with Crippen molar-refractivity contribution in [1.29, 1.82) is 0 Å². The number of hydrogen-bond donors (Lipinski definition) is 0. The van der Waals surface area contributed by atoms with Crippen molar-refractivity contribution in [3.8, 4) is 5.95 Å². The van der Waals surface area contributed by atoms with Gasteiger partial charge in [-0.05, 0) is 45.9 Å². The zero-order valence-corrected chi connectivity index (χ0v) is 19.3. The molecule has 0 N–H and O–H groups in total. The van der Waals surface area contributed by atoms with E-state index in [1.54, 1.807) is 11.3 Å². The second kappa shape index (κ2) is 7.28. The van der Waals surface area contributed by atoms with Crippen LogP contribution in [0, 0.1) is 13.8 Å². The summed E-state index contributed by atoms with van der Waals surface area (Å²) in [5, 5.41) is 5.87. The van der Waals surface area contributed by atoms with Crippen molar-refractivity contribution in [2.24, 2.45) is 0 Å². The van der Waals surface area contributed by atoms with Gasteiger partial charge in [0.15, 0.2) is 0 Å². The molecule has 1 fully saturated rings. The summed E-state index contributed by atoms with van der Waals surface area (Å²) in [6.45, 7) is 16.5. The van der Waals surface area contributed by atoms with Crippen LogP contribution >= 0.6 is 11.3 Å². The molecular weight excluding hydrogens is 396 g/mol. The van der Waals surface area contributed by atoms with E-state index < -0.39 is 0 Å². The molecule has 0 spiro atoms. The van der Waals surface area contributed by atoms with Gasteiger partial charge in [-0.2, -0.15) is 15.1 Å². The number of aryl methyl sites for hydroxylation is 2. The van der Waals surface area contributed by atoms with Crippen LogP contribution in [0.2, 0.25) is 0 Å². The summed E-state index contributed by atoms with van der Waals surface area (Å²) in [7, 11) is 0. The topological polar surface area (TPSA) is 59.3 Å². The van der Waals surface area contributed by atoms with Crippen LogP contribution in [0.3, 0.4) is 0 Å². The molecule has 0 atom stereocenters. The lowest BCUT2D eigenvalue weighted by molar-refractivity contribution is -0.0379. The Morgan fingerprint density at radius 2 is 1.90 bits per heavy atom. The first kappa shape index (κ1) is 19.9. The van der Waals surface area contributed by atoms with Crippen LogP contribution in [0.1, 0.15) is 42.6 Å². The lowest BCUT2D eigenvalue weighted by Gasteiger charge is -2.35. The van der Waals surface area contributed by atoms with E-state index in [0.717, 1.165) is 61.2 Å². The first-order chi connectivity index (χ1) is 14.3. The van der Waals surface area contributed by atoms with Crippen LogP contribution in [-0.2, 0) is 17.8 Å². The Bertz CT molecular complexity index is 1090. The first-order valence-corrected chi connectivity index (χ1v) is 11.6. The molecule has 0 aromatic carbocycles. The molecule has 2 aliphatic heterocycles. The van der Waals surface area contributed by atoms with Gasteiger partial charge in [-0.3, -0.25) is 0 Å². The number of ether oxygens (including phenoxy) is 1. The van der Waals surface area contributed by atoms with Crippen molar-refractivity contribution in [1.82, 2.24) is 24.6 Å². The van der Waals surface area contributed by atoms with Gasteiger partial charge in [0.25, 0.3) is 5.95 Å².